The van der Waals surface area contributed by atoms with E-state index >= 15 is 0 Å². The fourth-order valence-corrected chi connectivity index (χ4v) is 1.65. The topological polar surface area (TPSA) is 67.4 Å². The molecule has 0 aliphatic carbocycles. The van der Waals surface area contributed by atoms with Crippen LogP contribution in [0.3, 0.4) is 0 Å². The molecule has 104 valence electrons. The van der Waals surface area contributed by atoms with Gasteiger partial charge in [-0.25, -0.2) is 9.18 Å². The number of esters is 1. The van der Waals surface area contributed by atoms with Gasteiger partial charge in [0.05, 0.1) is 11.6 Å². The van der Waals surface area contributed by atoms with Crippen LogP contribution in [0.1, 0.15) is 6.92 Å². The maximum atomic E-state index is 13.3. The molecule has 1 rings (SSSR count). The van der Waals surface area contributed by atoms with Crippen molar-refractivity contribution in [3.05, 3.63) is 28.5 Å². The number of benzene rings is 1. The first-order valence-corrected chi connectivity index (χ1v) is 6.27. The van der Waals surface area contributed by atoms with Gasteiger partial charge in [-0.3, -0.25) is 4.79 Å². The third kappa shape index (κ3) is 4.86. The first kappa shape index (κ1) is 15.4. The molecular formula is C12H14BrFN2O3. The Labute approximate surface area is 118 Å². The van der Waals surface area contributed by atoms with Gasteiger partial charge >= 0.3 is 5.97 Å². The van der Waals surface area contributed by atoms with Gasteiger partial charge in [0.1, 0.15) is 11.9 Å². The molecule has 1 atom stereocenters. The Bertz CT molecular complexity index is 482. The number of carbonyl (C=O) groups is 2. The van der Waals surface area contributed by atoms with Gasteiger partial charge in [-0.15, -0.1) is 0 Å². The molecule has 7 heteroatoms. The Morgan fingerprint density at radius 3 is 2.68 bits per heavy atom. The van der Waals surface area contributed by atoms with Crippen LogP contribution in [0.4, 0.5) is 10.1 Å². The van der Waals surface area contributed by atoms with E-state index in [0.29, 0.717) is 10.2 Å². The third-order valence-electron chi connectivity index (χ3n) is 2.29. The molecule has 1 aromatic carbocycles. The van der Waals surface area contributed by atoms with Gasteiger partial charge in [0.15, 0.2) is 0 Å². The van der Waals surface area contributed by atoms with E-state index in [2.05, 4.69) is 31.3 Å². The zero-order valence-electron chi connectivity index (χ0n) is 10.5. The first-order valence-electron chi connectivity index (χ1n) is 5.48. The van der Waals surface area contributed by atoms with Crippen molar-refractivity contribution in [2.45, 2.75) is 13.0 Å². The van der Waals surface area contributed by atoms with Crippen LogP contribution in [0.5, 0.6) is 0 Å². The van der Waals surface area contributed by atoms with Crippen molar-refractivity contribution in [1.82, 2.24) is 5.32 Å². The Morgan fingerprint density at radius 1 is 1.47 bits per heavy atom. The van der Waals surface area contributed by atoms with Crippen LogP contribution in [0.2, 0.25) is 0 Å². The van der Waals surface area contributed by atoms with Gasteiger partial charge in [-0.1, -0.05) is 0 Å². The monoisotopic (exact) mass is 332 g/mol. The summed E-state index contributed by atoms with van der Waals surface area (Å²) in [5.41, 5.74) is 0.500. The highest BCUT2D eigenvalue weighted by atomic mass is 79.9. The summed E-state index contributed by atoms with van der Waals surface area (Å²) < 4.78 is 18.2. The number of halogens is 2. The predicted octanol–water partition coefficient (Wildman–Crippen LogP) is 1.68. The summed E-state index contributed by atoms with van der Waals surface area (Å²) in [5.74, 6) is -1.33. The van der Waals surface area contributed by atoms with E-state index in [-0.39, 0.29) is 12.5 Å². The molecule has 0 aliphatic rings. The molecule has 2 N–H and O–H groups in total. The van der Waals surface area contributed by atoms with E-state index in [9.17, 15) is 14.0 Å². The fourth-order valence-electron chi connectivity index (χ4n) is 1.41. The highest BCUT2D eigenvalue weighted by Gasteiger charge is 2.19. The first-order chi connectivity index (χ1) is 8.93. The molecule has 0 saturated heterocycles. The van der Waals surface area contributed by atoms with E-state index in [4.69, 9.17) is 0 Å². The van der Waals surface area contributed by atoms with Crippen molar-refractivity contribution >= 4 is 33.5 Å². The van der Waals surface area contributed by atoms with Gasteiger partial charge < -0.3 is 15.4 Å². The van der Waals surface area contributed by atoms with E-state index in [1.807, 2.05) is 0 Å². The number of rotatable bonds is 5. The summed E-state index contributed by atoms with van der Waals surface area (Å²) in [7, 11) is 1.23. The van der Waals surface area contributed by atoms with Crippen LogP contribution >= 0.6 is 15.9 Å². The molecule has 1 unspecified atom stereocenters. The van der Waals surface area contributed by atoms with E-state index in [0.717, 1.165) is 0 Å². The summed E-state index contributed by atoms with van der Waals surface area (Å²) in [6.07, 6.45) is 0. The molecule has 0 heterocycles. The quantitative estimate of drug-likeness (QED) is 0.805. The molecule has 0 saturated carbocycles. The largest absolute Gasteiger partial charge is 0.467 e. The summed E-state index contributed by atoms with van der Waals surface area (Å²) in [6.45, 7) is 1.41. The second-order valence-corrected chi connectivity index (χ2v) is 4.64. The van der Waals surface area contributed by atoms with Crippen molar-refractivity contribution in [2.75, 3.05) is 19.0 Å². The molecule has 1 amide bonds. The number of carbonyl (C=O) groups excluding carboxylic acids is 2. The molecule has 5 nitrogen and oxygen atoms in total. The van der Waals surface area contributed by atoms with E-state index in [1.54, 1.807) is 12.1 Å². The Morgan fingerprint density at radius 2 is 2.16 bits per heavy atom. The predicted molar refractivity (Wildman–Crippen MR) is 72.2 cm³/mol. The van der Waals surface area contributed by atoms with Crippen molar-refractivity contribution in [1.29, 1.82) is 0 Å². The molecule has 0 aliphatic heterocycles. The van der Waals surface area contributed by atoms with Crippen LogP contribution in [0.25, 0.3) is 0 Å². The SMILES string of the molecule is COC(=O)C(CNc1ccc(Br)c(F)c1)NC(C)=O. The number of amides is 1. The minimum Gasteiger partial charge on any atom is -0.467 e. The Kier molecular flexibility index (Phi) is 5.75. The van der Waals surface area contributed by atoms with Crippen LogP contribution in [-0.4, -0.2) is 31.6 Å². The molecule has 0 spiro atoms. The fraction of sp³-hybridized carbons (Fsp3) is 0.333. The van der Waals surface area contributed by atoms with E-state index < -0.39 is 17.8 Å². The maximum absolute atomic E-state index is 13.3. The summed E-state index contributed by atoms with van der Waals surface area (Å²) >= 11 is 3.04. The van der Waals surface area contributed by atoms with Gasteiger partial charge in [0, 0.05) is 19.2 Å². The number of anilines is 1. The van der Waals surface area contributed by atoms with Gasteiger partial charge in [0.25, 0.3) is 0 Å². The molecule has 0 radical (unpaired) electrons. The maximum Gasteiger partial charge on any atom is 0.330 e. The number of ether oxygens (including phenoxy) is 1. The van der Waals surface area contributed by atoms with Crippen LogP contribution in [0.15, 0.2) is 22.7 Å². The average molecular weight is 333 g/mol. The standard InChI is InChI=1S/C12H14BrFN2O3/c1-7(17)16-11(12(18)19-2)6-15-8-3-4-9(13)10(14)5-8/h3-5,11,15H,6H2,1-2H3,(H,16,17). The minimum atomic E-state index is -0.825. The lowest BCUT2D eigenvalue weighted by molar-refractivity contribution is -0.144. The van der Waals surface area contributed by atoms with Crippen LogP contribution < -0.4 is 10.6 Å². The summed E-state index contributed by atoms with van der Waals surface area (Å²) in [6, 6.07) is 3.65. The lowest BCUT2D eigenvalue weighted by Gasteiger charge is -2.16. The third-order valence-corrected chi connectivity index (χ3v) is 2.94. The van der Waals surface area contributed by atoms with Crippen molar-refractivity contribution in [3.8, 4) is 0 Å². The Hall–Kier alpha value is -1.63. The zero-order chi connectivity index (χ0) is 14.4. The smallest absolute Gasteiger partial charge is 0.330 e. The lowest BCUT2D eigenvalue weighted by atomic mass is 10.2. The summed E-state index contributed by atoms with van der Waals surface area (Å²) in [5, 5.41) is 5.30. The molecule has 0 aromatic heterocycles. The second-order valence-electron chi connectivity index (χ2n) is 3.79. The lowest BCUT2D eigenvalue weighted by Crippen LogP contribution is -2.45. The number of methoxy groups -OCH3 is 1. The second kappa shape index (κ2) is 7.08. The van der Waals surface area contributed by atoms with Gasteiger partial charge in [-0.05, 0) is 34.1 Å². The average Bonchev–Trinajstić information content (AvgIpc) is 2.37. The molecule has 0 bridgehead atoms. The normalized spacial score (nSPS) is 11.6. The zero-order valence-corrected chi connectivity index (χ0v) is 12.1. The Balaban J connectivity index is 2.67. The highest BCUT2D eigenvalue weighted by molar-refractivity contribution is 9.10. The van der Waals surface area contributed by atoms with Crippen LogP contribution in [0, 0.1) is 5.82 Å². The molecular weight excluding hydrogens is 319 g/mol. The minimum absolute atomic E-state index is 0.104. The van der Waals surface area contributed by atoms with E-state index in [1.165, 1.54) is 20.1 Å². The van der Waals surface area contributed by atoms with Crippen molar-refractivity contribution < 1.29 is 18.7 Å². The number of hydrogen-bond donors (Lipinski definition) is 2. The summed E-state index contributed by atoms with van der Waals surface area (Å²) in [4.78, 5) is 22.4. The van der Waals surface area contributed by atoms with Crippen molar-refractivity contribution in [2.24, 2.45) is 0 Å². The molecule has 0 fully saturated rings. The number of hydrogen-bond acceptors (Lipinski definition) is 4. The van der Waals surface area contributed by atoms with Gasteiger partial charge in [0.2, 0.25) is 5.91 Å². The highest BCUT2D eigenvalue weighted by Crippen LogP contribution is 2.19. The number of nitrogens with one attached hydrogen (secondary N) is 2. The molecule has 19 heavy (non-hydrogen) atoms. The van der Waals surface area contributed by atoms with Crippen LogP contribution in [-0.2, 0) is 14.3 Å². The van der Waals surface area contributed by atoms with Crippen molar-refractivity contribution in [3.63, 3.8) is 0 Å². The van der Waals surface area contributed by atoms with Gasteiger partial charge in [-0.2, -0.15) is 0 Å². The molecule has 1 aromatic rings.